The summed E-state index contributed by atoms with van der Waals surface area (Å²) in [6.45, 7) is 0. The molecule has 2 aromatic carbocycles. The van der Waals surface area contributed by atoms with Crippen molar-refractivity contribution in [2.24, 2.45) is 5.73 Å². The second kappa shape index (κ2) is 5.33. The molecule has 0 saturated heterocycles. The maximum atomic E-state index is 11.9. The molecule has 0 aliphatic heterocycles. The number of hydrogen-bond acceptors (Lipinski definition) is 3. The minimum atomic E-state index is -0.708. The van der Waals surface area contributed by atoms with Crippen molar-refractivity contribution in [3.8, 4) is 5.75 Å². The van der Waals surface area contributed by atoms with Crippen LogP contribution in [0.1, 0.15) is 11.6 Å². The minimum Gasteiger partial charge on any atom is -0.508 e. The first kappa shape index (κ1) is 12.1. The quantitative estimate of drug-likeness (QED) is 0.721. The van der Waals surface area contributed by atoms with Crippen LogP contribution in [0.2, 0.25) is 0 Å². The fourth-order valence-corrected chi connectivity index (χ4v) is 1.58. The fourth-order valence-electron chi connectivity index (χ4n) is 1.58. The Labute approximate surface area is 105 Å². The average molecular weight is 242 g/mol. The van der Waals surface area contributed by atoms with Crippen LogP contribution in [0.3, 0.4) is 0 Å². The van der Waals surface area contributed by atoms with Crippen molar-refractivity contribution in [3.05, 3.63) is 60.2 Å². The number of rotatable bonds is 3. The third-order valence-corrected chi connectivity index (χ3v) is 2.58. The van der Waals surface area contributed by atoms with Crippen LogP contribution in [0, 0.1) is 0 Å². The Kier molecular flexibility index (Phi) is 3.60. The second-order valence-electron chi connectivity index (χ2n) is 3.92. The van der Waals surface area contributed by atoms with Crippen molar-refractivity contribution in [2.75, 3.05) is 5.32 Å². The molecule has 0 heterocycles. The van der Waals surface area contributed by atoms with Gasteiger partial charge in [0.25, 0.3) is 0 Å². The Bertz CT molecular complexity index is 523. The molecule has 0 unspecified atom stereocenters. The fraction of sp³-hybridized carbons (Fsp3) is 0.0714. The van der Waals surface area contributed by atoms with Gasteiger partial charge in [-0.3, -0.25) is 4.79 Å². The van der Waals surface area contributed by atoms with Crippen LogP contribution in [0.4, 0.5) is 5.69 Å². The van der Waals surface area contributed by atoms with E-state index >= 15 is 0 Å². The van der Waals surface area contributed by atoms with E-state index in [0.29, 0.717) is 5.69 Å². The molecule has 2 aromatic rings. The lowest BCUT2D eigenvalue weighted by Gasteiger charge is -2.12. The van der Waals surface area contributed by atoms with Gasteiger partial charge >= 0.3 is 0 Å². The van der Waals surface area contributed by atoms with Crippen LogP contribution in [0.25, 0.3) is 0 Å². The van der Waals surface area contributed by atoms with E-state index in [4.69, 9.17) is 10.8 Å². The van der Waals surface area contributed by atoms with Crippen LogP contribution >= 0.6 is 0 Å². The molecule has 0 aliphatic carbocycles. The third kappa shape index (κ3) is 2.87. The van der Waals surface area contributed by atoms with Gasteiger partial charge in [-0.2, -0.15) is 0 Å². The molecule has 0 fully saturated rings. The molecule has 4 N–H and O–H groups in total. The molecule has 18 heavy (non-hydrogen) atoms. The Morgan fingerprint density at radius 1 is 1.06 bits per heavy atom. The van der Waals surface area contributed by atoms with Crippen LogP contribution in [0.15, 0.2) is 54.6 Å². The highest BCUT2D eigenvalue weighted by Crippen LogP contribution is 2.16. The predicted molar refractivity (Wildman–Crippen MR) is 70.1 cm³/mol. The lowest BCUT2D eigenvalue weighted by atomic mass is 10.1. The van der Waals surface area contributed by atoms with Crippen molar-refractivity contribution < 1.29 is 9.90 Å². The highest BCUT2D eigenvalue weighted by atomic mass is 16.3. The average Bonchev–Trinajstić information content (AvgIpc) is 2.41. The van der Waals surface area contributed by atoms with Gasteiger partial charge < -0.3 is 16.2 Å². The van der Waals surface area contributed by atoms with Gasteiger partial charge in [-0.25, -0.2) is 0 Å². The maximum Gasteiger partial charge on any atom is 0.245 e. The standard InChI is InChI=1S/C14H14N2O2/c15-13(10-4-2-1-3-5-10)14(18)16-11-6-8-12(17)9-7-11/h1-9,13,17H,15H2,(H,16,18)/t13-/m1/s1. The summed E-state index contributed by atoms with van der Waals surface area (Å²) in [6, 6.07) is 14.7. The number of hydrogen-bond donors (Lipinski definition) is 3. The summed E-state index contributed by atoms with van der Waals surface area (Å²) in [5.41, 5.74) is 7.21. The zero-order valence-electron chi connectivity index (χ0n) is 9.71. The lowest BCUT2D eigenvalue weighted by molar-refractivity contribution is -0.117. The monoisotopic (exact) mass is 242 g/mol. The summed E-state index contributed by atoms with van der Waals surface area (Å²) >= 11 is 0. The normalized spacial score (nSPS) is 11.8. The zero-order valence-corrected chi connectivity index (χ0v) is 9.71. The topological polar surface area (TPSA) is 75.4 Å². The van der Waals surface area contributed by atoms with E-state index in [2.05, 4.69) is 5.32 Å². The first-order chi connectivity index (χ1) is 8.66. The van der Waals surface area contributed by atoms with Gasteiger partial charge in [-0.1, -0.05) is 30.3 Å². The van der Waals surface area contributed by atoms with Crippen LogP contribution in [-0.2, 0) is 4.79 Å². The van der Waals surface area contributed by atoms with E-state index in [1.807, 2.05) is 18.2 Å². The third-order valence-electron chi connectivity index (χ3n) is 2.58. The van der Waals surface area contributed by atoms with E-state index in [-0.39, 0.29) is 11.7 Å². The first-order valence-electron chi connectivity index (χ1n) is 5.57. The van der Waals surface area contributed by atoms with Crippen LogP contribution in [-0.4, -0.2) is 11.0 Å². The molecule has 0 aliphatic rings. The molecule has 0 spiro atoms. The van der Waals surface area contributed by atoms with Gasteiger partial charge in [0.15, 0.2) is 0 Å². The largest absolute Gasteiger partial charge is 0.508 e. The van der Waals surface area contributed by atoms with Crippen LogP contribution < -0.4 is 11.1 Å². The van der Waals surface area contributed by atoms with Crippen molar-refractivity contribution in [1.82, 2.24) is 0 Å². The minimum absolute atomic E-state index is 0.153. The van der Waals surface area contributed by atoms with E-state index in [9.17, 15) is 4.79 Å². The Morgan fingerprint density at radius 3 is 2.28 bits per heavy atom. The van der Waals surface area contributed by atoms with Gasteiger partial charge in [-0.05, 0) is 29.8 Å². The Hall–Kier alpha value is -2.33. The lowest BCUT2D eigenvalue weighted by Crippen LogP contribution is -2.27. The number of phenols is 1. The van der Waals surface area contributed by atoms with E-state index in [1.165, 1.54) is 12.1 Å². The molecular formula is C14H14N2O2. The maximum absolute atomic E-state index is 11.9. The highest BCUT2D eigenvalue weighted by molar-refractivity contribution is 5.95. The number of amides is 1. The molecule has 92 valence electrons. The van der Waals surface area contributed by atoms with Gasteiger partial charge in [0.2, 0.25) is 5.91 Å². The zero-order chi connectivity index (χ0) is 13.0. The molecule has 1 atom stereocenters. The molecule has 4 heteroatoms. The van der Waals surface area contributed by atoms with Crippen molar-refractivity contribution in [2.45, 2.75) is 6.04 Å². The van der Waals surface area contributed by atoms with Crippen molar-refractivity contribution >= 4 is 11.6 Å². The number of carbonyl (C=O) groups is 1. The number of aromatic hydroxyl groups is 1. The summed E-state index contributed by atoms with van der Waals surface area (Å²) < 4.78 is 0. The molecule has 4 nitrogen and oxygen atoms in total. The SMILES string of the molecule is N[C@@H](C(=O)Nc1ccc(O)cc1)c1ccccc1. The van der Waals surface area contributed by atoms with E-state index in [1.54, 1.807) is 24.3 Å². The van der Waals surface area contributed by atoms with Crippen molar-refractivity contribution in [3.63, 3.8) is 0 Å². The first-order valence-corrected chi connectivity index (χ1v) is 5.57. The summed E-state index contributed by atoms with van der Waals surface area (Å²) in [5, 5.41) is 11.8. The van der Waals surface area contributed by atoms with E-state index in [0.717, 1.165) is 5.56 Å². The van der Waals surface area contributed by atoms with Crippen molar-refractivity contribution in [1.29, 1.82) is 0 Å². The Morgan fingerprint density at radius 2 is 1.67 bits per heavy atom. The number of anilines is 1. The highest BCUT2D eigenvalue weighted by Gasteiger charge is 2.15. The number of nitrogens with one attached hydrogen (secondary N) is 1. The summed E-state index contributed by atoms with van der Waals surface area (Å²) in [7, 11) is 0. The number of nitrogens with two attached hydrogens (primary N) is 1. The van der Waals surface area contributed by atoms with Gasteiger partial charge in [0.1, 0.15) is 11.8 Å². The van der Waals surface area contributed by atoms with Gasteiger partial charge in [0.05, 0.1) is 0 Å². The summed E-state index contributed by atoms with van der Waals surface area (Å²) in [4.78, 5) is 11.9. The molecule has 0 radical (unpaired) electrons. The Balaban J connectivity index is 2.06. The number of benzene rings is 2. The van der Waals surface area contributed by atoms with E-state index < -0.39 is 6.04 Å². The summed E-state index contributed by atoms with van der Waals surface area (Å²) in [5.74, 6) is -0.132. The molecule has 1 amide bonds. The number of phenolic OH excluding ortho intramolecular Hbond substituents is 1. The molecule has 0 aromatic heterocycles. The molecular weight excluding hydrogens is 228 g/mol. The summed E-state index contributed by atoms with van der Waals surface area (Å²) in [6.07, 6.45) is 0. The molecule has 0 bridgehead atoms. The van der Waals surface area contributed by atoms with Crippen LogP contribution in [0.5, 0.6) is 5.75 Å². The molecule has 2 rings (SSSR count). The predicted octanol–water partition coefficient (Wildman–Crippen LogP) is 2.03. The molecule has 0 saturated carbocycles. The second-order valence-corrected chi connectivity index (χ2v) is 3.92. The van der Waals surface area contributed by atoms with Gasteiger partial charge in [-0.15, -0.1) is 0 Å². The van der Waals surface area contributed by atoms with Gasteiger partial charge in [0, 0.05) is 5.69 Å². The smallest absolute Gasteiger partial charge is 0.245 e. The number of carbonyl (C=O) groups excluding carboxylic acids is 1.